The van der Waals surface area contributed by atoms with Crippen LogP contribution in [-0.4, -0.2) is 38.4 Å². The highest BCUT2D eigenvalue weighted by molar-refractivity contribution is 5.87. The van der Waals surface area contributed by atoms with Crippen molar-refractivity contribution in [3.05, 3.63) is 12.2 Å². The van der Waals surface area contributed by atoms with Crippen LogP contribution in [0.25, 0.3) is 0 Å². The van der Waals surface area contributed by atoms with Gasteiger partial charge < -0.3 is 9.47 Å². The van der Waals surface area contributed by atoms with Crippen molar-refractivity contribution in [1.29, 1.82) is 0 Å². The monoisotopic (exact) mass is 262 g/mol. The predicted molar refractivity (Wildman–Crippen MR) is 47.6 cm³/mol. The second-order valence-electron chi connectivity index (χ2n) is 3.12. The molecule has 8 heteroatoms. The van der Waals surface area contributed by atoms with Crippen molar-refractivity contribution in [3.8, 4) is 0 Å². The summed E-state index contributed by atoms with van der Waals surface area (Å²) in [6.45, 7) is 1.21. The SMILES string of the molecule is C=C(CCOC)C(=O)OCC(F)(F)C(F)(F)F. The molecule has 0 unspecified atom stereocenters. The topological polar surface area (TPSA) is 35.5 Å². The molecule has 0 bridgehead atoms. The van der Waals surface area contributed by atoms with Gasteiger partial charge in [-0.05, 0) is 0 Å². The minimum atomic E-state index is -5.75. The van der Waals surface area contributed by atoms with E-state index in [4.69, 9.17) is 0 Å². The van der Waals surface area contributed by atoms with Gasteiger partial charge in [-0.15, -0.1) is 0 Å². The van der Waals surface area contributed by atoms with Gasteiger partial charge in [0.1, 0.15) is 0 Å². The number of rotatable bonds is 6. The number of carbonyl (C=O) groups excluding carboxylic acids is 1. The van der Waals surface area contributed by atoms with Crippen LogP contribution < -0.4 is 0 Å². The first kappa shape index (κ1) is 15.8. The summed E-state index contributed by atoms with van der Waals surface area (Å²) in [6, 6.07) is 0. The molecule has 0 saturated carbocycles. The first-order valence-corrected chi connectivity index (χ1v) is 4.40. The Bertz CT molecular complexity index is 285. The Hall–Kier alpha value is -1.18. The number of methoxy groups -OCH3 is 1. The van der Waals surface area contributed by atoms with Crippen LogP contribution in [0.15, 0.2) is 12.2 Å². The van der Waals surface area contributed by atoms with Gasteiger partial charge in [0, 0.05) is 19.1 Å². The fourth-order valence-electron chi connectivity index (χ4n) is 0.667. The Morgan fingerprint density at radius 1 is 1.24 bits per heavy atom. The Labute approximate surface area is 94.2 Å². The molecule has 0 aliphatic heterocycles. The van der Waals surface area contributed by atoms with Crippen LogP contribution in [0.5, 0.6) is 0 Å². The van der Waals surface area contributed by atoms with E-state index in [9.17, 15) is 26.7 Å². The molecule has 0 heterocycles. The highest BCUT2D eigenvalue weighted by Crippen LogP contribution is 2.35. The Morgan fingerprint density at radius 3 is 2.18 bits per heavy atom. The highest BCUT2D eigenvalue weighted by atomic mass is 19.4. The standard InChI is InChI=1S/C9H11F5O3/c1-6(3-4-16-2)7(15)17-5-8(10,11)9(12,13)14/h1,3-5H2,2H3. The van der Waals surface area contributed by atoms with E-state index in [1.807, 2.05) is 0 Å². The second-order valence-corrected chi connectivity index (χ2v) is 3.12. The van der Waals surface area contributed by atoms with Crippen molar-refractivity contribution >= 4 is 5.97 Å². The number of esters is 1. The lowest BCUT2D eigenvalue weighted by Crippen LogP contribution is -2.41. The van der Waals surface area contributed by atoms with Crippen LogP contribution in [-0.2, 0) is 14.3 Å². The number of hydrogen-bond acceptors (Lipinski definition) is 3. The van der Waals surface area contributed by atoms with Crippen molar-refractivity contribution in [2.75, 3.05) is 20.3 Å². The molecule has 3 nitrogen and oxygen atoms in total. The summed E-state index contributed by atoms with van der Waals surface area (Å²) in [4.78, 5) is 10.9. The quantitative estimate of drug-likeness (QED) is 0.418. The second kappa shape index (κ2) is 5.95. The largest absolute Gasteiger partial charge is 0.456 e. The van der Waals surface area contributed by atoms with Crippen LogP contribution in [0, 0.1) is 0 Å². The van der Waals surface area contributed by atoms with Gasteiger partial charge in [-0.1, -0.05) is 6.58 Å². The minimum absolute atomic E-state index is 0.00702. The minimum Gasteiger partial charge on any atom is -0.456 e. The summed E-state index contributed by atoms with van der Waals surface area (Å²) >= 11 is 0. The van der Waals surface area contributed by atoms with Crippen LogP contribution >= 0.6 is 0 Å². The zero-order valence-electron chi connectivity index (χ0n) is 8.94. The van der Waals surface area contributed by atoms with Gasteiger partial charge in [-0.25, -0.2) is 4.79 Å². The summed E-state index contributed by atoms with van der Waals surface area (Å²) in [5.41, 5.74) is -0.232. The highest BCUT2D eigenvalue weighted by Gasteiger charge is 2.58. The fraction of sp³-hybridized carbons (Fsp3) is 0.667. The summed E-state index contributed by atoms with van der Waals surface area (Å²) in [7, 11) is 1.33. The van der Waals surface area contributed by atoms with Crippen molar-refractivity contribution in [2.45, 2.75) is 18.5 Å². The lowest BCUT2D eigenvalue weighted by molar-refractivity contribution is -0.293. The maximum absolute atomic E-state index is 12.3. The van der Waals surface area contributed by atoms with Gasteiger partial charge in [0.05, 0.1) is 6.61 Å². The molecular weight excluding hydrogens is 251 g/mol. The van der Waals surface area contributed by atoms with Crippen molar-refractivity contribution in [1.82, 2.24) is 0 Å². The molecule has 0 spiro atoms. The average molecular weight is 262 g/mol. The van der Waals surface area contributed by atoms with E-state index in [1.165, 1.54) is 7.11 Å². The molecule has 0 saturated heterocycles. The summed E-state index contributed by atoms with van der Waals surface area (Å²) in [5, 5.41) is 0. The number of hydrogen-bond donors (Lipinski definition) is 0. The van der Waals surface area contributed by atoms with Crippen molar-refractivity contribution in [2.24, 2.45) is 0 Å². The summed E-state index contributed by atoms with van der Waals surface area (Å²) < 4.78 is 68.2. The normalized spacial score (nSPS) is 12.4. The molecule has 0 rings (SSSR count). The average Bonchev–Trinajstić information content (AvgIpc) is 2.20. The van der Waals surface area contributed by atoms with Crippen LogP contribution in [0.4, 0.5) is 22.0 Å². The van der Waals surface area contributed by atoms with E-state index >= 15 is 0 Å². The smallest absolute Gasteiger partial charge is 0.456 e. The molecule has 0 radical (unpaired) electrons. The van der Waals surface area contributed by atoms with E-state index in [2.05, 4.69) is 16.1 Å². The third-order valence-electron chi connectivity index (χ3n) is 1.70. The van der Waals surface area contributed by atoms with Crippen LogP contribution in [0.2, 0.25) is 0 Å². The van der Waals surface area contributed by atoms with E-state index < -0.39 is 24.7 Å². The maximum Gasteiger partial charge on any atom is 0.456 e. The van der Waals surface area contributed by atoms with Crippen LogP contribution in [0.1, 0.15) is 6.42 Å². The molecule has 0 aromatic carbocycles. The lowest BCUT2D eigenvalue weighted by Gasteiger charge is -2.19. The molecule has 0 aromatic rings. The van der Waals surface area contributed by atoms with E-state index in [0.717, 1.165) is 0 Å². The van der Waals surface area contributed by atoms with E-state index in [1.54, 1.807) is 0 Å². The Morgan fingerprint density at radius 2 is 1.76 bits per heavy atom. The molecule has 0 aromatic heterocycles. The van der Waals surface area contributed by atoms with E-state index in [-0.39, 0.29) is 18.6 Å². The molecule has 0 fully saturated rings. The number of halogens is 5. The first-order chi connectivity index (χ1) is 7.62. The van der Waals surface area contributed by atoms with Gasteiger partial charge in [0.15, 0.2) is 6.61 Å². The molecular formula is C9H11F5O3. The lowest BCUT2D eigenvalue weighted by atomic mass is 10.2. The van der Waals surface area contributed by atoms with Gasteiger partial charge >= 0.3 is 18.1 Å². The Balaban J connectivity index is 4.21. The number of ether oxygens (including phenoxy) is 2. The molecule has 0 aliphatic carbocycles. The third-order valence-corrected chi connectivity index (χ3v) is 1.70. The zero-order chi connectivity index (χ0) is 13.7. The van der Waals surface area contributed by atoms with Crippen LogP contribution in [0.3, 0.4) is 0 Å². The maximum atomic E-state index is 12.3. The predicted octanol–water partition coefficient (Wildman–Crippen LogP) is 2.32. The zero-order valence-corrected chi connectivity index (χ0v) is 8.94. The van der Waals surface area contributed by atoms with Gasteiger partial charge in [-0.2, -0.15) is 22.0 Å². The fourth-order valence-corrected chi connectivity index (χ4v) is 0.667. The molecule has 0 N–H and O–H groups in total. The Kier molecular flexibility index (Phi) is 5.53. The molecule has 100 valence electrons. The molecule has 0 amide bonds. The van der Waals surface area contributed by atoms with Gasteiger partial charge in [0.25, 0.3) is 0 Å². The van der Waals surface area contributed by atoms with Gasteiger partial charge in [0.2, 0.25) is 0 Å². The molecule has 17 heavy (non-hydrogen) atoms. The third kappa shape index (κ3) is 5.12. The first-order valence-electron chi connectivity index (χ1n) is 4.40. The number of alkyl halides is 5. The van der Waals surface area contributed by atoms with Crippen molar-refractivity contribution in [3.63, 3.8) is 0 Å². The summed E-state index contributed by atoms with van der Waals surface area (Å²) in [5.74, 6) is -6.37. The van der Waals surface area contributed by atoms with Gasteiger partial charge in [-0.3, -0.25) is 0 Å². The van der Waals surface area contributed by atoms with E-state index in [0.29, 0.717) is 0 Å². The molecule has 0 atom stereocenters. The van der Waals surface area contributed by atoms with Crippen molar-refractivity contribution < 1.29 is 36.2 Å². The molecule has 0 aliphatic rings. The summed E-state index contributed by atoms with van der Waals surface area (Å²) in [6.07, 6.45) is -5.76. The number of carbonyl (C=O) groups is 1.